The van der Waals surface area contributed by atoms with E-state index in [9.17, 15) is 0 Å². The summed E-state index contributed by atoms with van der Waals surface area (Å²) in [5.74, 6) is 0.939. The van der Waals surface area contributed by atoms with Gasteiger partial charge >= 0.3 is 0 Å². The minimum atomic E-state index is 0.194. The fourth-order valence-electron chi connectivity index (χ4n) is 1.30. The highest BCUT2D eigenvalue weighted by atomic mass is 32.2. The Morgan fingerprint density at radius 1 is 1.62 bits per heavy atom. The van der Waals surface area contributed by atoms with Crippen LogP contribution in [-0.4, -0.2) is 44.8 Å². The Kier molecular flexibility index (Phi) is 6.44. The first-order valence-corrected chi connectivity index (χ1v) is 6.57. The molecule has 0 aliphatic carbocycles. The van der Waals surface area contributed by atoms with E-state index in [1.54, 1.807) is 18.1 Å². The van der Waals surface area contributed by atoms with Gasteiger partial charge in [-0.3, -0.25) is 0 Å². The van der Waals surface area contributed by atoms with Gasteiger partial charge in [0.15, 0.2) is 5.16 Å². The lowest BCUT2D eigenvalue weighted by Crippen LogP contribution is -2.33. The fourth-order valence-corrected chi connectivity index (χ4v) is 2.24. The smallest absolute Gasteiger partial charge is 0.190 e. The number of aliphatic hydroxyl groups excluding tert-OH is 1. The first-order valence-electron chi connectivity index (χ1n) is 5.59. The van der Waals surface area contributed by atoms with Crippen molar-refractivity contribution in [3.05, 3.63) is 6.33 Å². The Labute approximate surface area is 101 Å². The van der Waals surface area contributed by atoms with Gasteiger partial charge in [0.05, 0.1) is 6.61 Å². The molecule has 0 aliphatic heterocycles. The standard InChI is InChI=1S/C10H20N4OS/c1-3-5-11-9(7-15)4-6-16-10-13-12-8-14(10)2/h8-9,11,15H,3-7H2,1-2H3. The van der Waals surface area contributed by atoms with Gasteiger partial charge < -0.3 is 15.0 Å². The predicted molar refractivity (Wildman–Crippen MR) is 65.5 cm³/mol. The van der Waals surface area contributed by atoms with Crippen LogP contribution in [0, 0.1) is 0 Å². The van der Waals surface area contributed by atoms with Crippen LogP contribution in [0.15, 0.2) is 11.5 Å². The molecule has 2 N–H and O–H groups in total. The SMILES string of the molecule is CCCNC(CO)CCSc1nncn1C. The van der Waals surface area contributed by atoms with E-state index in [2.05, 4.69) is 22.4 Å². The van der Waals surface area contributed by atoms with Crippen LogP contribution in [0.25, 0.3) is 0 Å². The van der Waals surface area contributed by atoms with Gasteiger partial charge in [-0.25, -0.2) is 0 Å². The Morgan fingerprint density at radius 3 is 3.00 bits per heavy atom. The molecule has 5 nitrogen and oxygen atoms in total. The van der Waals surface area contributed by atoms with Crippen LogP contribution in [0.1, 0.15) is 19.8 Å². The lowest BCUT2D eigenvalue weighted by molar-refractivity contribution is 0.240. The number of hydrogen-bond acceptors (Lipinski definition) is 5. The highest BCUT2D eigenvalue weighted by Gasteiger charge is 2.07. The van der Waals surface area contributed by atoms with E-state index in [4.69, 9.17) is 5.11 Å². The van der Waals surface area contributed by atoms with Crippen LogP contribution >= 0.6 is 11.8 Å². The number of aromatic nitrogens is 3. The maximum Gasteiger partial charge on any atom is 0.190 e. The number of aliphatic hydroxyl groups is 1. The molecule has 1 heterocycles. The molecule has 1 unspecified atom stereocenters. The summed E-state index contributed by atoms with van der Waals surface area (Å²) >= 11 is 1.67. The van der Waals surface area contributed by atoms with E-state index >= 15 is 0 Å². The second-order valence-corrected chi connectivity index (χ2v) is 4.76. The van der Waals surface area contributed by atoms with Gasteiger partial charge in [0.2, 0.25) is 0 Å². The van der Waals surface area contributed by atoms with Crippen LogP contribution in [0.4, 0.5) is 0 Å². The normalized spacial score (nSPS) is 12.9. The van der Waals surface area contributed by atoms with Gasteiger partial charge in [-0.2, -0.15) is 0 Å². The van der Waals surface area contributed by atoms with Crippen LogP contribution in [0.5, 0.6) is 0 Å². The van der Waals surface area contributed by atoms with Crippen molar-refractivity contribution in [1.82, 2.24) is 20.1 Å². The molecule has 1 rings (SSSR count). The van der Waals surface area contributed by atoms with Crippen molar-refractivity contribution in [3.63, 3.8) is 0 Å². The van der Waals surface area contributed by atoms with Crippen LogP contribution in [0.2, 0.25) is 0 Å². The number of aryl methyl sites for hydroxylation is 1. The Morgan fingerprint density at radius 2 is 2.44 bits per heavy atom. The van der Waals surface area contributed by atoms with Gasteiger partial charge in [-0.15, -0.1) is 10.2 Å². The molecule has 0 bridgehead atoms. The first kappa shape index (κ1) is 13.5. The van der Waals surface area contributed by atoms with Gasteiger partial charge in [0.1, 0.15) is 6.33 Å². The van der Waals surface area contributed by atoms with Crippen LogP contribution in [0.3, 0.4) is 0 Å². The molecule has 0 aromatic carbocycles. The molecule has 0 fully saturated rings. The number of hydrogen-bond donors (Lipinski definition) is 2. The Hall–Kier alpha value is -0.590. The molecule has 0 amide bonds. The van der Waals surface area contributed by atoms with Crippen molar-refractivity contribution in [3.8, 4) is 0 Å². The average molecular weight is 244 g/mol. The second-order valence-electron chi connectivity index (χ2n) is 3.70. The van der Waals surface area contributed by atoms with Gasteiger partial charge in [-0.05, 0) is 19.4 Å². The maximum absolute atomic E-state index is 9.16. The zero-order chi connectivity index (χ0) is 11.8. The lowest BCUT2D eigenvalue weighted by atomic mass is 10.2. The van der Waals surface area contributed by atoms with Crippen molar-refractivity contribution in [2.45, 2.75) is 31.0 Å². The van der Waals surface area contributed by atoms with E-state index in [1.165, 1.54) is 0 Å². The van der Waals surface area contributed by atoms with Crippen LogP contribution < -0.4 is 5.32 Å². The highest BCUT2D eigenvalue weighted by molar-refractivity contribution is 7.99. The Bertz CT molecular complexity index is 292. The molecule has 0 saturated carbocycles. The summed E-state index contributed by atoms with van der Waals surface area (Å²) < 4.78 is 1.90. The van der Waals surface area contributed by atoms with E-state index in [-0.39, 0.29) is 12.6 Å². The molecule has 0 radical (unpaired) electrons. The van der Waals surface area contributed by atoms with Crippen molar-refractivity contribution < 1.29 is 5.11 Å². The zero-order valence-corrected chi connectivity index (χ0v) is 10.7. The zero-order valence-electron chi connectivity index (χ0n) is 9.89. The molecular weight excluding hydrogens is 224 g/mol. The van der Waals surface area contributed by atoms with Gasteiger partial charge in [-0.1, -0.05) is 18.7 Å². The molecule has 6 heteroatoms. The Balaban J connectivity index is 2.20. The third kappa shape index (κ3) is 4.51. The monoisotopic (exact) mass is 244 g/mol. The van der Waals surface area contributed by atoms with E-state index in [0.29, 0.717) is 0 Å². The summed E-state index contributed by atoms with van der Waals surface area (Å²) in [6.07, 6.45) is 3.72. The lowest BCUT2D eigenvalue weighted by Gasteiger charge is -2.14. The molecule has 0 aliphatic rings. The number of thioether (sulfide) groups is 1. The van der Waals surface area contributed by atoms with E-state index in [1.807, 2.05) is 11.6 Å². The minimum absolute atomic E-state index is 0.194. The quantitative estimate of drug-likeness (QED) is 0.658. The molecule has 0 saturated heterocycles. The largest absolute Gasteiger partial charge is 0.395 e. The number of nitrogens with zero attached hydrogens (tertiary/aromatic N) is 3. The number of nitrogens with one attached hydrogen (secondary N) is 1. The topological polar surface area (TPSA) is 63.0 Å². The fraction of sp³-hybridized carbons (Fsp3) is 0.800. The summed E-state index contributed by atoms with van der Waals surface area (Å²) in [5, 5.41) is 21.2. The van der Waals surface area contributed by atoms with E-state index in [0.717, 1.165) is 30.3 Å². The molecule has 92 valence electrons. The summed E-state index contributed by atoms with van der Waals surface area (Å²) in [6.45, 7) is 3.27. The van der Waals surface area contributed by atoms with Gasteiger partial charge in [0.25, 0.3) is 0 Å². The molecule has 1 aromatic rings. The third-order valence-electron chi connectivity index (χ3n) is 2.27. The first-order chi connectivity index (χ1) is 7.77. The predicted octanol–water partition coefficient (Wildman–Crippen LogP) is 0.658. The van der Waals surface area contributed by atoms with Crippen molar-refractivity contribution in [1.29, 1.82) is 0 Å². The van der Waals surface area contributed by atoms with E-state index < -0.39 is 0 Å². The van der Waals surface area contributed by atoms with Crippen molar-refractivity contribution in [2.24, 2.45) is 7.05 Å². The average Bonchev–Trinajstić information content (AvgIpc) is 2.69. The van der Waals surface area contributed by atoms with Gasteiger partial charge in [0, 0.05) is 18.8 Å². The van der Waals surface area contributed by atoms with Crippen molar-refractivity contribution >= 4 is 11.8 Å². The molecule has 1 atom stereocenters. The summed E-state index contributed by atoms with van der Waals surface area (Å²) in [5.41, 5.74) is 0. The molecular formula is C10H20N4OS. The minimum Gasteiger partial charge on any atom is -0.395 e. The highest BCUT2D eigenvalue weighted by Crippen LogP contribution is 2.15. The second kappa shape index (κ2) is 7.65. The van der Waals surface area contributed by atoms with Crippen molar-refractivity contribution in [2.75, 3.05) is 18.9 Å². The molecule has 0 spiro atoms. The number of rotatable bonds is 8. The summed E-state index contributed by atoms with van der Waals surface area (Å²) in [4.78, 5) is 0. The summed E-state index contributed by atoms with van der Waals surface area (Å²) in [7, 11) is 1.93. The molecule has 16 heavy (non-hydrogen) atoms. The van der Waals surface area contributed by atoms with Crippen LogP contribution in [-0.2, 0) is 7.05 Å². The molecule has 1 aromatic heterocycles. The summed E-state index contributed by atoms with van der Waals surface area (Å²) in [6, 6.07) is 0.195. The third-order valence-corrected chi connectivity index (χ3v) is 3.34. The maximum atomic E-state index is 9.16.